The maximum Gasteiger partial charge on any atom is 0.122 e. The van der Waals surface area contributed by atoms with Crippen molar-refractivity contribution in [1.82, 2.24) is 4.98 Å². The summed E-state index contributed by atoms with van der Waals surface area (Å²) >= 11 is 0. The van der Waals surface area contributed by atoms with Crippen molar-refractivity contribution in [2.45, 2.75) is 13.1 Å². The summed E-state index contributed by atoms with van der Waals surface area (Å²) in [6.45, 7) is 0.814. The van der Waals surface area contributed by atoms with E-state index >= 15 is 0 Å². The second-order valence-electron chi connectivity index (χ2n) is 2.40. The van der Waals surface area contributed by atoms with E-state index in [1.165, 1.54) is 0 Å². The molecule has 0 spiro atoms. The Labute approximate surface area is 71.5 Å². The van der Waals surface area contributed by atoms with Crippen LogP contribution in [0.25, 0.3) is 0 Å². The summed E-state index contributed by atoms with van der Waals surface area (Å²) in [5.41, 5.74) is 12.5. The minimum atomic E-state index is 0.407. The van der Waals surface area contributed by atoms with Gasteiger partial charge in [0.1, 0.15) is 5.75 Å². The smallest absolute Gasteiger partial charge is 0.122 e. The molecule has 1 rings (SSSR count). The second-order valence-corrected chi connectivity index (χ2v) is 2.40. The molecule has 1 heterocycles. The number of methoxy groups -OCH3 is 1. The molecule has 0 aliphatic carbocycles. The molecule has 4 nitrogen and oxygen atoms in total. The minimum absolute atomic E-state index is 0.407. The first-order valence-corrected chi connectivity index (χ1v) is 3.74. The molecule has 0 bridgehead atoms. The summed E-state index contributed by atoms with van der Waals surface area (Å²) in [5.74, 6) is 0.755. The molecule has 66 valence electrons. The summed E-state index contributed by atoms with van der Waals surface area (Å²) in [6, 6.07) is 3.61. The van der Waals surface area contributed by atoms with E-state index < -0.39 is 0 Å². The molecular weight excluding hydrogens is 154 g/mol. The van der Waals surface area contributed by atoms with E-state index in [9.17, 15) is 0 Å². The molecule has 0 fully saturated rings. The molecule has 12 heavy (non-hydrogen) atoms. The van der Waals surface area contributed by atoms with Crippen LogP contribution in [-0.4, -0.2) is 12.1 Å². The first-order valence-electron chi connectivity index (χ1n) is 3.74. The average molecular weight is 167 g/mol. The van der Waals surface area contributed by atoms with Gasteiger partial charge in [-0.2, -0.15) is 0 Å². The Hall–Kier alpha value is -1.13. The topological polar surface area (TPSA) is 74.2 Å². The SMILES string of the molecule is COc1cc(CN)nc(CN)c1. The Balaban J connectivity index is 3.01. The molecular formula is C8H13N3O. The summed E-state index contributed by atoms with van der Waals surface area (Å²) in [5, 5.41) is 0. The van der Waals surface area contributed by atoms with Crippen LogP contribution in [0.15, 0.2) is 12.1 Å². The Morgan fingerprint density at radius 2 is 1.75 bits per heavy atom. The number of hydrogen-bond donors (Lipinski definition) is 2. The van der Waals surface area contributed by atoms with Crippen LogP contribution in [-0.2, 0) is 13.1 Å². The molecule has 0 atom stereocenters. The lowest BCUT2D eigenvalue weighted by atomic mass is 10.3. The molecule has 1 aromatic rings. The van der Waals surface area contributed by atoms with Gasteiger partial charge in [0.25, 0.3) is 0 Å². The minimum Gasteiger partial charge on any atom is -0.497 e. The van der Waals surface area contributed by atoms with Crippen LogP contribution >= 0.6 is 0 Å². The molecule has 0 aromatic carbocycles. The quantitative estimate of drug-likeness (QED) is 0.665. The van der Waals surface area contributed by atoms with E-state index in [2.05, 4.69) is 4.98 Å². The fraction of sp³-hybridized carbons (Fsp3) is 0.375. The Bertz CT molecular complexity index is 207. The standard InChI is InChI=1S/C8H13N3O/c1-12-8-2-6(4-9)11-7(3-8)5-10/h2-3H,4-5,9-10H2,1H3. The Morgan fingerprint density at radius 1 is 1.25 bits per heavy atom. The van der Waals surface area contributed by atoms with Gasteiger partial charge in [-0.1, -0.05) is 0 Å². The largest absolute Gasteiger partial charge is 0.497 e. The molecule has 4 N–H and O–H groups in total. The molecule has 1 aromatic heterocycles. The molecule has 0 saturated carbocycles. The van der Waals surface area contributed by atoms with E-state index in [-0.39, 0.29) is 0 Å². The van der Waals surface area contributed by atoms with Crippen LogP contribution in [0.3, 0.4) is 0 Å². The van der Waals surface area contributed by atoms with Gasteiger partial charge in [-0.15, -0.1) is 0 Å². The Kier molecular flexibility index (Phi) is 3.01. The van der Waals surface area contributed by atoms with E-state index in [0.717, 1.165) is 17.1 Å². The zero-order valence-electron chi connectivity index (χ0n) is 7.08. The highest BCUT2D eigenvalue weighted by Crippen LogP contribution is 2.12. The van der Waals surface area contributed by atoms with E-state index in [1.54, 1.807) is 19.2 Å². The van der Waals surface area contributed by atoms with Crippen molar-refractivity contribution < 1.29 is 4.74 Å². The molecule has 4 heteroatoms. The van der Waals surface area contributed by atoms with Gasteiger partial charge in [-0.3, -0.25) is 4.98 Å². The fourth-order valence-electron chi connectivity index (χ4n) is 0.946. The molecule has 0 saturated heterocycles. The van der Waals surface area contributed by atoms with Gasteiger partial charge in [0.15, 0.2) is 0 Å². The average Bonchev–Trinajstić information content (AvgIpc) is 2.16. The number of aromatic nitrogens is 1. The lowest BCUT2D eigenvalue weighted by molar-refractivity contribution is 0.412. The highest BCUT2D eigenvalue weighted by atomic mass is 16.5. The summed E-state index contributed by atoms with van der Waals surface area (Å²) in [4.78, 5) is 4.19. The summed E-state index contributed by atoms with van der Waals surface area (Å²) in [7, 11) is 1.61. The first-order chi connectivity index (χ1) is 5.80. The predicted octanol–water partition coefficient (Wildman–Crippen LogP) is 0.00760. The van der Waals surface area contributed by atoms with Gasteiger partial charge in [0, 0.05) is 25.2 Å². The third-order valence-corrected chi connectivity index (χ3v) is 1.56. The maximum atomic E-state index is 5.44. The number of nitrogens with zero attached hydrogens (tertiary/aromatic N) is 1. The lowest BCUT2D eigenvalue weighted by Crippen LogP contribution is -2.06. The van der Waals surface area contributed by atoms with Gasteiger partial charge >= 0.3 is 0 Å². The number of rotatable bonds is 3. The second kappa shape index (κ2) is 4.04. The lowest BCUT2D eigenvalue weighted by Gasteiger charge is -2.04. The van der Waals surface area contributed by atoms with E-state index in [1.807, 2.05) is 0 Å². The number of ether oxygens (including phenoxy) is 1. The normalized spacial score (nSPS) is 9.92. The maximum absolute atomic E-state index is 5.44. The van der Waals surface area contributed by atoms with Gasteiger partial charge in [0.2, 0.25) is 0 Å². The van der Waals surface area contributed by atoms with Crippen molar-refractivity contribution in [1.29, 1.82) is 0 Å². The van der Waals surface area contributed by atoms with Gasteiger partial charge in [0.05, 0.1) is 18.5 Å². The molecule has 0 radical (unpaired) electrons. The fourth-order valence-corrected chi connectivity index (χ4v) is 0.946. The summed E-state index contributed by atoms with van der Waals surface area (Å²) < 4.78 is 5.05. The zero-order chi connectivity index (χ0) is 8.97. The van der Waals surface area contributed by atoms with Crippen LogP contribution in [0, 0.1) is 0 Å². The molecule has 0 aliphatic rings. The van der Waals surface area contributed by atoms with Crippen LogP contribution in [0.1, 0.15) is 11.4 Å². The van der Waals surface area contributed by atoms with Gasteiger partial charge < -0.3 is 16.2 Å². The molecule has 0 amide bonds. The van der Waals surface area contributed by atoms with Crippen molar-refractivity contribution in [3.05, 3.63) is 23.5 Å². The number of pyridine rings is 1. The van der Waals surface area contributed by atoms with E-state index in [0.29, 0.717) is 13.1 Å². The molecule has 0 unspecified atom stereocenters. The van der Waals surface area contributed by atoms with Crippen molar-refractivity contribution >= 4 is 0 Å². The van der Waals surface area contributed by atoms with Crippen LogP contribution < -0.4 is 16.2 Å². The number of nitrogens with two attached hydrogens (primary N) is 2. The van der Waals surface area contributed by atoms with Crippen molar-refractivity contribution in [2.75, 3.05) is 7.11 Å². The third-order valence-electron chi connectivity index (χ3n) is 1.56. The predicted molar refractivity (Wildman–Crippen MR) is 46.6 cm³/mol. The monoisotopic (exact) mass is 167 g/mol. The highest BCUT2D eigenvalue weighted by Gasteiger charge is 1.99. The van der Waals surface area contributed by atoms with Crippen molar-refractivity contribution in [3.63, 3.8) is 0 Å². The van der Waals surface area contributed by atoms with Crippen LogP contribution in [0.2, 0.25) is 0 Å². The molecule has 0 aliphatic heterocycles. The zero-order valence-corrected chi connectivity index (χ0v) is 7.08. The first kappa shape index (κ1) is 8.96. The van der Waals surface area contributed by atoms with E-state index in [4.69, 9.17) is 16.2 Å². The highest BCUT2D eigenvalue weighted by molar-refractivity contribution is 5.27. The number of hydrogen-bond acceptors (Lipinski definition) is 4. The Morgan fingerprint density at radius 3 is 2.08 bits per heavy atom. The van der Waals surface area contributed by atoms with Crippen LogP contribution in [0.4, 0.5) is 0 Å². The van der Waals surface area contributed by atoms with Crippen LogP contribution in [0.5, 0.6) is 5.75 Å². The van der Waals surface area contributed by atoms with Gasteiger partial charge in [-0.25, -0.2) is 0 Å². The van der Waals surface area contributed by atoms with Gasteiger partial charge in [-0.05, 0) is 0 Å². The third kappa shape index (κ3) is 1.93. The summed E-state index contributed by atoms with van der Waals surface area (Å²) in [6.07, 6.45) is 0. The van der Waals surface area contributed by atoms with Crippen molar-refractivity contribution in [3.8, 4) is 5.75 Å². The van der Waals surface area contributed by atoms with Crippen molar-refractivity contribution in [2.24, 2.45) is 11.5 Å².